The lowest BCUT2D eigenvalue weighted by Gasteiger charge is -2.22. The van der Waals surface area contributed by atoms with Gasteiger partial charge in [-0.1, -0.05) is 48.5 Å². The Bertz CT molecular complexity index is 1290. The first-order valence-corrected chi connectivity index (χ1v) is 11.5. The molecular formula is C28H25NO4. The molecular weight excluding hydrogens is 414 g/mol. The standard InChI is InChI=1S/C28H25NO4/c30-28-27(23-10-4-5-11-25(23)29(28)15-22-9-6-12-32-22)24-13-20-17-31-18-21(20)14-26(24)33-16-19-7-2-1-3-8-19/h1-5,7-8,10-11,13-14,17-18,22,27H,6,9,12,15-16H2. The second-order valence-corrected chi connectivity index (χ2v) is 8.74. The van der Waals surface area contributed by atoms with E-state index in [1.54, 1.807) is 12.5 Å². The van der Waals surface area contributed by atoms with Crippen LogP contribution in [-0.2, 0) is 16.1 Å². The summed E-state index contributed by atoms with van der Waals surface area (Å²) in [7, 11) is 0. The Morgan fingerprint density at radius 1 is 0.939 bits per heavy atom. The van der Waals surface area contributed by atoms with Crippen molar-refractivity contribution in [2.24, 2.45) is 0 Å². The van der Waals surface area contributed by atoms with Crippen molar-refractivity contribution in [1.82, 2.24) is 0 Å². The zero-order valence-corrected chi connectivity index (χ0v) is 18.3. The van der Waals surface area contributed by atoms with Gasteiger partial charge in [0.25, 0.3) is 0 Å². The Balaban J connectivity index is 1.40. The number of nitrogens with zero attached hydrogens (tertiary/aromatic N) is 1. The molecule has 6 rings (SSSR count). The maximum Gasteiger partial charge on any atom is 0.239 e. The topological polar surface area (TPSA) is 51.9 Å². The first-order valence-electron chi connectivity index (χ1n) is 11.5. The molecule has 33 heavy (non-hydrogen) atoms. The molecule has 0 aliphatic carbocycles. The molecule has 0 radical (unpaired) electrons. The number of ether oxygens (including phenoxy) is 2. The number of carbonyl (C=O) groups is 1. The molecule has 2 aliphatic rings. The van der Waals surface area contributed by atoms with Gasteiger partial charge < -0.3 is 18.8 Å². The SMILES string of the molecule is O=C1C(c2cc3cocc3cc2OCc2ccccc2)c2ccccc2N1CC1CCCO1. The minimum atomic E-state index is -0.423. The van der Waals surface area contributed by atoms with Gasteiger partial charge >= 0.3 is 0 Å². The minimum Gasteiger partial charge on any atom is -0.489 e. The molecule has 0 spiro atoms. The highest BCUT2D eigenvalue weighted by Gasteiger charge is 2.41. The molecule has 0 bridgehead atoms. The van der Waals surface area contributed by atoms with E-state index in [0.717, 1.165) is 52.6 Å². The van der Waals surface area contributed by atoms with Crippen molar-refractivity contribution in [1.29, 1.82) is 0 Å². The zero-order valence-electron chi connectivity index (χ0n) is 18.3. The van der Waals surface area contributed by atoms with Crippen LogP contribution in [0.3, 0.4) is 0 Å². The van der Waals surface area contributed by atoms with E-state index < -0.39 is 5.92 Å². The predicted molar refractivity (Wildman–Crippen MR) is 127 cm³/mol. The summed E-state index contributed by atoms with van der Waals surface area (Å²) in [6.07, 6.45) is 5.55. The van der Waals surface area contributed by atoms with Crippen molar-refractivity contribution >= 4 is 22.4 Å². The van der Waals surface area contributed by atoms with Crippen LogP contribution in [0.1, 0.15) is 35.4 Å². The predicted octanol–water partition coefficient (Wildman–Crippen LogP) is 5.67. The third-order valence-electron chi connectivity index (χ3n) is 6.62. The first kappa shape index (κ1) is 20.1. The quantitative estimate of drug-likeness (QED) is 0.388. The van der Waals surface area contributed by atoms with Crippen LogP contribution in [-0.4, -0.2) is 25.2 Å². The third-order valence-corrected chi connectivity index (χ3v) is 6.62. The number of rotatable bonds is 6. The average Bonchev–Trinajstić information content (AvgIpc) is 3.58. The first-order chi connectivity index (χ1) is 16.3. The van der Waals surface area contributed by atoms with Gasteiger partial charge in [-0.3, -0.25) is 4.79 Å². The van der Waals surface area contributed by atoms with Crippen molar-refractivity contribution in [3.05, 3.63) is 95.9 Å². The molecule has 4 aromatic rings. The number of benzene rings is 3. The van der Waals surface area contributed by atoms with Crippen LogP contribution in [0, 0.1) is 0 Å². The second-order valence-electron chi connectivity index (χ2n) is 8.74. The van der Waals surface area contributed by atoms with Gasteiger partial charge in [-0.2, -0.15) is 0 Å². The number of anilines is 1. The van der Waals surface area contributed by atoms with E-state index in [9.17, 15) is 4.79 Å². The summed E-state index contributed by atoms with van der Waals surface area (Å²) < 4.78 is 17.6. The van der Waals surface area contributed by atoms with E-state index in [-0.39, 0.29) is 12.0 Å². The molecule has 1 saturated heterocycles. The maximum atomic E-state index is 13.8. The zero-order chi connectivity index (χ0) is 22.2. The van der Waals surface area contributed by atoms with Gasteiger partial charge in [0, 0.05) is 28.6 Å². The number of para-hydroxylation sites is 1. The molecule has 1 fully saturated rings. The number of hydrogen-bond acceptors (Lipinski definition) is 4. The fraction of sp³-hybridized carbons (Fsp3) is 0.250. The van der Waals surface area contributed by atoms with E-state index in [4.69, 9.17) is 13.9 Å². The lowest BCUT2D eigenvalue weighted by molar-refractivity contribution is -0.118. The molecule has 3 heterocycles. The van der Waals surface area contributed by atoms with E-state index >= 15 is 0 Å². The molecule has 1 amide bonds. The van der Waals surface area contributed by atoms with Crippen LogP contribution >= 0.6 is 0 Å². The van der Waals surface area contributed by atoms with Gasteiger partial charge in [-0.25, -0.2) is 0 Å². The fourth-order valence-electron chi connectivity index (χ4n) is 4.97. The molecule has 0 saturated carbocycles. The molecule has 0 N–H and O–H groups in total. The number of hydrogen-bond donors (Lipinski definition) is 0. The average molecular weight is 440 g/mol. The van der Waals surface area contributed by atoms with Gasteiger partial charge in [0.1, 0.15) is 12.4 Å². The van der Waals surface area contributed by atoms with Crippen molar-refractivity contribution in [3.63, 3.8) is 0 Å². The smallest absolute Gasteiger partial charge is 0.239 e. The van der Waals surface area contributed by atoms with Crippen LogP contribution in [0.25, 0.3) is 10.8 Å². The normalized spacial score (nSPS) is 19.9. The summed E-state index contributed by atoms with van der Waals surface area (Å²) in [5, 5.41) is 1.91. The Morgan fingerprint density at radius 3 is 2.55 bits per heavy atom. The lowest BCUT2D eigenvalue weighted by Crippen LogP contribution is -2.36. The van der Waals surface area contributed by atoms with E-state index in [2.05, 4.69) is 0 Å². The molecule has 2 atom stereocenters. The number of furan rings is 1. The largest absolute Gasteiger partial charge is 0.489 e. The highest BCUT2D eigenvalue weighted by atomic mass is 16.5. The molecule has 5 heteroatoms. The van der Waals surface area contributed by atoms with Crippen LogP contribution in [0.2, 0.25) is 0 Å². The number of fused-ring (bicyclic) bond motifs is 2. The maximum absolute atomic E-state index is 13.8. The van der Waals surface area contributed by atoms with Crippen molar-refractivity contribution in [3.8, 4) is 5.75 Å². The van der Waals surface area contributed by atoms with Crippen LogP contribution in [0.5, 0.6) is 5.75 Å². The van der Waals surface area contributed by atoms with Crippen molar-refractivity contribution in [2.75, 3.05) is 18.1 Å². The van der Waals surface area contributed by atoms with Crippen LogP contribution in [0.4, 0.5) is 5.69 Å². The summed E-state index contributed by atoms with van der Waals surface area (Å²) in [6.45, 7) is 1.78. The lowest BCUT2D eigenvalue weighted by atomic mass is 9.90. The highest BCUT2D eigenvalue weighted by Crippen LogP contribution is 2.45. The summed E-state index contributed by atoms with van der Waals surface area (Å²) in [5.74, 6) is 0.353. The molecule has 5 nitrogen and oxygen atoms in total. The molecule has 2 aliphatic heterocycles. The summed E-state index contributed by atoms with van der Waals surface area (Å²) in [5.41, 5.74) is 3.92. The van der Waals surface area contributed by atoms with E-state index in [1.165, 1.54) is 0 Å². The van der Waals surface area contributed by atoms with E-state index in [1.807, 2.05) is 71.6 Å². The Morgan fingerprint density at radius 2 is 1.73 bits per heavy atom. The second kappa shape index (κ2) is 8.41. The highest BCUT2D eigenvalue weighted by molar-refractivity contribution is 6.08. The van der Waals surface area contributed by atoms with Gasteiger partial charge in [-0.05, 0) is 42.2 Å². The Hall–Kier alpha value is -3.57. The molecule has 166 valence electrons. The number of carbonyl (C=O) groups excluding carboxylic acids is 1. The van der Waals surface area contributed by atoms with Crippen LogP contribution in [0.15, 0.2) is 83.7 Å². The number of amides is 1. The Kier molecular flexibility index (Phi) is 5.11. The van der Waals surface area contributed by atoms with Gasteiger partial charge in [-0.15, -0.1) is 0 Å². The Labute approximate surface area is 192 Å². The van der Waals surface area contributed by atoms with Gasteiger partial charge in [0.05, 0.1) is 31.1 Å². The van der Waals surface area contributed by atoms with Gasteiger partial charge in [0.2, 0.25) is 5.91 Å². The molecule has 1 aromatic heterocycles. The monoisotopic (exact) mass is 439 g/mol. The van der Waals surface area contributed by atoms with Gasteiger partial charge in [0.15, 0.2) is 0 Å². The molecule has 2 unspecified atom stereocenters. The van der Waals surface area contributed by atoms with Crippen molar-refractivity contribution < 1.29 is 18.7 Å². The van der Waals surface area contributed by atoms with E-state index in [0.29, 0.717) is 18.9 Å². The minimum absolute atomic E-state index is 0.0686. The van der Waals surface area contributed by atoms with Crippen molar-refractivity contribution in [2.45, 2.75) is 31.5 Å². The summed E-state index contributed by atoms with van der Waals surface area (Å²) in [6, 6.07) is 22.1. The molecule has 3 aromatic carbocycles. The summed E-state index contributed by atoms with van der Waals surface area (Å²) in [4.78, 5) is 15.7. The fourth-order valence-corrected chi connectivity index (χ4v) is 4.97. The van der Waals surface area contributed by atoms with Crippen LogP contribution < -0.4 is 9.64 Å². The summed E-state index contributed by atoms with van der Waals surface area (Å²) >= 11 is 0. The third kappa shape index (κ3) is 3.68.